The third-order valence-electron chi connectivity index (χ3n) is 2.76. The monoisotopic (exact) mass is 254 g/mol. The molecule has 1 aliphatic rings. The van der Waals surface area contributed by atoms with Crippen molar-refractivity contribution < 1.29 is 4.74 Å². The average Bonchev–Trinajstić information content (AvgIpc) is 3.08. The number of hydrogen-bond acceptors (Lipinski definition) is 3. The summed E-state index contributed by atoms with van der Waals surface area (Å²) in [5.41, 5.74) is 0.116. The fraction of sp³-hybridized carbons (Fsp3) is 0.615. The normalized spacial score (nSPS) is 15.9. The Morgan fingerprint density at radius 2 is 2.24 bits per heavy atom. The fourth-order valence-corrected chi connectivity index (χ4v) is 1.67. The maximum Gasteiger partial charge on any atom is 0.139 e. The molecule has 1 saturated carbocycles. The molecule has 0 spiro atoms. The highest BCUT2D eigenvalue weighted by Gasteiger charge is 2.25. The number of nitrogens with zero attached hydrogens (tertiary/aromatic N) is 1. The topological polar surface area (TPSA) is 34.1 Å². The van der Waals surface area contributed by atoms with Crippen molar-refractivity contribution in [1.29, 1.82) is 0 Å². The van der Waals surface area contributed by atoms with E-state index >= 15 is 0 Å². The molecule has 1 aromatic rings. The Hall–Kier alpha value is -0.800. The first-order valence-electron chi connectivity index (χ1n) is 6.02. The second kappa shape index (κ2) is 5.23. The summed E-state index contributed by atoms with van der Waals surface area (Å²) in [5.74, 6) is 0.733. The molecular weight excluding hydrogens is 236 g/mol. The van der Waals surface area contributed by atoms with E-state index in [9.17, 15) is 0 Å². The van der Waals surface area contributed by atoms with Gasteiger partial charge in [0.05, 0.1) is 17.8 Å². The third kappa shape index (κ3) is 4.52. The summed E-state index contributed by atoms with van der Waals surface area (Å²) in [6, 6.07) is 2.53. The molecule has 0 saturated heterocycles. The lowest BCUT2D eigenvalue weighted by Gasteiger charge is -2.25. The zero-order valence-corrected chi connectivity index (χ0v) is 11.1. The highest BCUT2D eigenvalue weighted by atomic mass is 35.5. The van der Waals surface area contributed by atoms with E-state index < -0.39 is 0 Å². The molecule has 0 atom stereocenters. The van der Waals surface area contributed by atoms with Gasteiger partial charge in [-0.25, -0.2) is 0 Å². The summed E-state index contributed by atoms with van der Waals surface area (Å²) < 4.78 is 5.72. The smallest absolute Gasteiger partial charge is 0.139 e. The number of nitrogens with one attached hydrogen (secondary N) is 1. The first-order chi connectivity index (χ1) is 8.05. The quantitative estimate of drug-likeness (QED) is 0.848. The van der Waals surface area contributed by atoms with E-state index in [1.807, 2.05) is 0 Å². The van der Waals surface area contributed by atoms with Gasteiger partial charge in [-0.1, -0.05) is 25.4 Å². The summed E-state index contributed by atoms with van der Waals surface area (Å²) in [4.78, 5) is 4.00. The van der Waals surface area contributed by atoms with Gasteiger partial charge in [0.15, 0.2) is 0 Å². The van der Waals surface area contributed by atoms with E-state index in [2.05, 4.69) is 24.1 Å². The molecule has 0 radical (unpaired) electrons. The number of rotatable bonds is 6. The molecule has 94 valence electrons. The van der Waals surface area contributed by atoms with Gasteiger partial charge in [0, 0.05) is 30.3 Å². The summed E-state index contributed by atoms with van der Waals surface area (Å²) in [6.45, 7) is 6.03. The van der Waals surface area contributed by atoms with Crippen LogP contribution < -0.4 is 10.1 Å². The van der Waals surface area contributed by atoms with Crippen molar-refractivity contribution in [2.45, 2.75) is 32.7 Å². The lowest BCUT2D eigenvalue weighted by atomic mass is 9.95. The molecular formula is C13H19ClN2O. The van der Waals surface area contributed by atoms with Crippen molar-refractivity contribution in [3.63, 3.8) is 0 Å². The van der Waals surface area contributed by atoms with Crippen LogP contribution in [0.1, 0.15) is 26.7 Å². The molecule has 1 N–H and O–H groups in total. The summed E-state index contributed by atoms with van der Waals surface area (Å²) in [6.07, 6.45) is 5.93. The molecule has 0 amide bonds. The van der Waals surface area contributed by atoms with Gasteiger partial charge in [-0.3, -0.25) is 4.98 Å². The van der Waals surface area contributed by atoms with Crippen LogP contribution in [0.3, 0.4) is 0 Å². The zero-order valence-electron chi connectivity index (χ0n) is 10.4. The van der Waals surface area contributed by atoms with E-state index in [1.165, 1.54) is 12.8 Å². The summed E-state index contributed by atoms with van der Waals surface area (Å²) in [7, 11) is 0. The Kier molecular flexibility index (Phi) is 3.89. The van der Waals surface area contributed by atoms with Gasteiger partial charge >= 0.3 is 0 Å². The first kappa shape index (κ1) is 12.7. The lowest BCUT2D eigenvalue weighted by Crippen LogP contribution is -2.35. The number of aromatic nitrogens is 1. The Labute approximate surface area is 108 Å². The largest absolute Gasteiger partial charge is 0.491 e. The van der Waals surface area contributed by atoms with E-state index in [0.717, 1.165) is 18.3 Å². The molecule has 4 heteroatoms. The molecule has 17 heavy (non-hydrogen) atoms. The van der Waals surface area contributed by atoms with Crippen LogP contribution in [0.15, 0.2) is 18.5 Å². The van der Waals surface area contributed by atoms with Crippen LogP contribution in [-0.2, 0) is 0 Å². The van der Waals surface area contributed by atoms with Gasteiger partial charge in [0.2, 0.25) is 0 Å². The Balaban J connectivity index is 1.78. The molecule has 1 heterocycles. The number of ether oxygens (including phenoxy) is 1. The second-order valence-corrected chi connectivity index (χ2v) is 5.88. The van der Waals surface area contributed by atoms with Crippen molar-refractivity contribution in [2.75, 3.05) is 13.2 Å². The van der Waals surface area contributed by atoms with Crippen LogP contribution in [0.25, 0.3) is 0 Å². The molecule has 1 aromatic heterocycles. The van der Waals surface area contributed by atoms with Crippen LogP contribution in [0.2, 0.25) is 5.02 Å². The summed E-state index contributed by atoms with van der Waals surface area (Å²) in [5, 5.41) is 4.13. The minimum absolute atomic E-state index is 0.116. The lowest BCUT2D eigenvalue weighted by molar-refractivity contribution is 0.175. The van der Waals surface area contributed by atoms with E-state index in [0.29, 0.717) is 11.6 Å². The van der Waals surface area contributed by atoms with Crippen LogP contribution in [0.4, 0.5) is 0 Å². The number of hydrogen-bond donors (Lipinski definition) is 1. The van der Waals surface area contributed by atoms with Crippen LogP contribution in [0, 0.1) is 5.41 Å². The first-order valence-corrected chi connectivity index (χ1v) is 6.40. The average molecular weight is 255 g/mol. The molecule has 0 bridgehead atoms. The Morgan fingerprint density at radius 1 is 1.47 bits per heavy atom. The minimum Gasteiger partial charge on any atom is -0.491 e. The molecule has 1 aliphatic carbocycles. The minimum atomic E-state index is 0.116. The van der Waals surface area contributed by atoms with Gasteiger partial charge in [0.1, 0.15) is 5.75 Å². The highest BCUT2D eigenvalue weighted by molar-refractivity contribution is 6.30. The van der Waals surface area contributed by atoms with Gasteiger partial charge in [-0.2, -0.15) is 0 Å². The standard InChI is InChI=1S/C13H19ClN2O/c1-13(2,8-16-11-3-4-11)9-17-12-5-10(14)6-15-7-12/h5-7,11,16H,3-4,8-9H2,1-2H3. The van der Waals surface area contributed by atoms with E-state index in [4.69, 9.17) is 16.3 Å². The summed E-state index contributed by atoms with van der Waals surface area (Å²) >= 11 is 5.85. The van der Waals surface area contributed by atoms with Crippen molar-refractivity contribution in [3.8, 4) is 5.75 Å². The number of halogens is 1. The third-order valence-corrected chi connectivity index (χ3v) is 2.96. The Morgan fingerprint density at radius 3 is 2.88 bits per heavy atom. The van der Waals surface area contributed by atoms with Crippen molar-refractivity contribution in [2.24, 2.45) is 5.41 Å². The van der Waals surface area contributed by atoms with Crippen LogP contribution >= 0.6 is 11.6 Å². The molecule has 3 nitrogen and oxygen atoms in total. The fourth-order valence-electron chi connectivity index (χ4n) is 1.51. The molecule has 2 rings (SSSR count). The highest BCUT2D eigenvalue weighted by Crippen LogP contribution is 2.23. The van der Waals surface area contributed by atoms with Gasteiger partial charge in [0.25, 0.3) is 0 Å². The van der Waals surface area contributed by atoms with E-state index in [1.54, 1.807) is 18.5 Å². The number of pyridine rings is 1. The van der Waals surface area contributed by atoms with Crippen molar-refractivity contribution in [3.05, 3.63) is 23.5 Å². The van der Waals surface area contributed by atoms with Crippen molar-refractivity contribution >= 4 is 11.6 Å². The molecule has 0 aromatic carbocycles. The van der Waals surface area contributed by atoms with Crippen molar-refractivity contribution in [1.82, 2.24) is 10.3 Å². The van der Waals surface area contributed by atoms with Crippen LogP contribution in [0.5, 0.6) is 5.75 Å². The Bertz CT molecular complexity index is 377. The van der Waals surface area contributed by atoms with Gasteiger partial charge in [-0.15, -0.1) is 0 Å². The van der Waals surface area contributed by atoms with E-state index in [-0.39, 0.29) is 5.41 Å². The van der Waals surface area contributed by atoms with Gasteiger partial charge < -0.3 is 10.1 Å². The van der Waals surface area contributed by atoms with Crippen LogP contribution in [-0.4, -0.2) is 24.2 Å². The van der Waals surface area contributed by atoms with Gasteiger partial charge in [-0.05, 0) is 12.8 Å². The molecule has 1 fully saturated rings. The zero-order chi connectivity index (χ0) is 12.3. The maximum absolute atomic E-state index is 5.85. The predicted octanol–water partition coefficient (Wildman–Crippen LogP) is 2.89. The SMILES string of the molecule is CC(C)(CNC1CC1)COc1cncc(Cl)c1. The second-order valence-electron chi connectivity index (χ2n) is 5.45. The molecule has 0 unspecified atom stereocenters. The predicted molar refractivity (Wildman–Crippen MR) is 69.5 cm³/mol. The molecule has 0 aliphatic heterocycles. The maximum atomic E-state index is 5.85.